The number of hydrogen-bond donors (Lipinski definition) is 1. The summed E-state index contributed by atoms with van der Waals surface area (Å²) in [6.45, 7) is 7.99. The first kappa shape index (κ1) is 13.6. The highest BCUT2D eigenvalue weighted by atomic mass is 15.3. The number of hydrogen-bond acceptors (Lipinski definition) is 2. The van der Waals surface area contributed by atoms with Gasteiger partial charge in [-0.1, -0.05) is 20.8 Å². The minimum absolute atomic E-state index is 0.437. The van der Waals surface area contributed by atoms with Gasteiger partial charge in [0.25, 0.3) is 0 Å². The highest BCUT2D eigenvalue weighted by molar-refractivity contribution is 5.08. The molecule has 1 aromatic rings. The van der Waals surface area contributed by atoms with Gasteiger partial charge in [0.1, 0.15) is 0 Å². The van der Waals surface area contributed by atoms with Gasteiger partial charge in [0.2, 0.25) is 0 Å². The number of nitrogens with one attached hydrogen (secondary N) is 1. The SMILES string of the molecule is CCNC(c1ccn(C)n1)C1CCC(C)(C)CC1. The van der Waals surface area contributed by atoms with Crippen LogP contribution in [0.25, 0.3) is 0 Å². The molecule has 2 rings (SSSR count). The lowest BCUT2D eigenvalue weighted by Gasteiger charge is -2.37. The van der Waals surface area contributed by atoms with Crippen molar-refractivity contribution in [3.8, 4) is 0 Å². The summed E-state index contributed by atoms with van der Waals surface area (Å²) in [6.07, 6.45) is 7.37. The molecule has 0 amide bonds. The topological polar surface area (TPSA) is 29.9 Å². The molecule has 0 saturated heterocycles. The fourth-order valence-corrected chi connectivity index (χ4v) is 3.09. The van der Waals surface area contributed by atoms with Crippen molar-refractivity contribution in [2.24, 2.45) is 18.4 Å². The van der Waals surface area contributed by atoms with E-state index in [9.17, 15) is 0 Å². The van der Waals surface area contributed by atoms with Crippen LogP contribution in [0.1, 0.15) is 58.2 Å². The van der Waals surface area contributed by atoms with Gasteiger partial charge in [-0.15, -0.1) is 0 Å². The summed E-state index contributed by atoms with van der Waals surface area (Å²) in [5.74, 6) is 0.743. The van der Waals surface area contributed by atoms with Crippen molar-refractivity contribution < 1.29 is 0 Å². The molecule has 1 unspecified atom stereocenters. The third kappa shape index (κ3) is 3.14. The van der Waals surface area contributed by atoms with Crippen LogP contribution in [0.2, 0.25) is 0 Å². The Morgan fingerprint density at radius 1 is 1.44 bits per heavy atom. The number of nitrogens with zero attached hydrogens (tertiary/aromatic N) is 2. The molecule has 0 aromatic carbocycles. The van der Waals surface area contributed by atoms with E-state index in [1.807, 2.05) is 17.9 Å². The van der Waals surface area contributed by atoms with Crippen LogP contribution in [0.3, 0.4) is 0 Å². The highest BCUT2D eigenvalue weighted by Crippen LogP contribution is 2.42. The van der Waals surface area contributed by atoms with E-state index in [1.165, 1.54) is 31.4 Å². The van der Waals surface area contributed by atoms with Crippen molar-refractivity contribution in [2.45, 2.75) is 52.5 Å². The van der Waals surface area contributed by atoms with Gasteiger partial charge >= 0.3 is 0 Å². The van der Waals surface area contributed by atoms with Crippen LogP contribution in [0.15, 0.2) is 12.3 Å². The zero-order valence-corrected chi connectivity index (χ0v) is 12.2. The largest absolute Gasteiger partial charge is 0.309 e. The van der Waals surface area contributed by atoms with E-state index in [-0.39, 0.29) is 0 Å². The molecule has 0 aliphatic heterocycles. The van der Waals surface area contributed by atoms with Crippen molar-refractivity contribution in [2.75, 3.05) is 6.54 Å². The minimum atomic E-state index is 0.437. The smallest absolute Gasteiger partial charge is 0.0796 e. The maximum atomic E-state index is 4.60. The first-order chi connectivity index (χ1) is 8.52. The molecule has 1 N–H and O–H groups in total. The Balaban J connectivity index is 2.07. The normalized spacial score (nSPS) is 22.0. The van der Waals surface area contributed by atoms with E-state index in [0.717, 1.165) is 12.5 Å². The summed E-state index contributed by atoms with van der Waals surface area (Å²) in [6, 6.07) is 2.60. The Hall–Kier alpha value is -0.830. The van der Waals surface area contributed by atoms with Gasteiger partial charge in [-0.25, -0.2) is 0 Å². The zero-order valence-electron chi connectivity index (χ0n) is 12.2. The molecule has 0 bridgehead atoms. The van der Waals surface area contributed by atoms with Crippen molar-refractivity contribution >= 4 is 0 Å². The second-order valence-corrected chi connectivity index (χ2v) is 6.45. The predicted molar refractivity (Wildman–Crippen MR) is 75.4 cm³/mol. The van der Waals surface area contributed by atoms with Gasteiger partial charge in [-0.05, 0) is 49.6 Å². The molecule has 0 spiro atoms. The van der Waals surface area contributed by atoms with Crippen LogP contribution in [0.4, 0.5) is 0 Å². The molecule has 3 heteroatoms. The van der Waals surface area contributed by atoms with Gasteiger partial charge in [-0.3, -0.25) is 4.68 Å². The van der Waals surface area contributed by atoms with Gasteiger partial charge in [0.15, 0.2) is 0 Å². The molecule has 1 aliphatic carbocycles. The summed E-state index contributed by atoms with van der Waals surface area (Å²) in [5, 5.41) is 8.23. The van der Waals surface area contributed by atoms with Crippen LogP contribution in [0, 0.1) is 11.3 Å². The number of aromatic nitrogens is 2. The number of rotatable bonds is 4. The third-order valence-electron chi connectivity index (χ3n) is 4.33. The molecule has 0 radical (unpaired) electrons. The first-order valence-electron chi connectivity index (χ1n) is 7.25. The average molecular weight is 249 g/mol. The van der Waals surface area contributed by atoms with Crippen LogP contribution in [-0.2, 0) is 7.05 Å². The molecule has 1 saturated carbocycles. The average Bonchev–Trinajstić information content (AvgIpc) is 2.73. The predicted octanol–water partition coefficient (Wildman–Crippen LogP) is 3.29. The van der Waals surface area contributed by atoms with Crippen LogP contribution in [0.5, 0.6) is 0 Å². The maximum absolute atomic E-state index is 4.60. The Bertz CT molecular complexity index is 371. The van der Waals surface area contributed by atoms with E-state index in [0.29, 0.717) is 11.5 Å². The second-order valence-electron chi connectivity index (χ2n) is 6.45. The lowest BCUT2D eigenvalue weighted by Crippen LogP contribution is -2.33. The molecular weight excluding hydrogens is 222 g/mol. The first-order valence-corrected chi connectivity index (χ1v) is 7.25. The Kier molecular flexibility index (Phi) is 4.10. The summed E-state index contributed by atoms with van der Waals surface area (Å²) in [5.41, 5.74) is 1.75. The number of aryl methyl sites for hydroxylation is 1. The van der Waals surface area contributed by atoms with Gasteiger partial charge in [0.05, 0.1) is 11.7 Å². The van der Waals surface area contributed by atoms with E-state index in [4.69, 9.17) is 0 Å². The van der Waals surface area contributed by atoms with Crippen LogP contribution < -0.4 is 5.32 Å². The fraction of sp³-hybridized carbons (Fsp3) is 0.800. The lowest BCUT2D eigenvalue weighted by atomic mass is 9.70. The van der Waals surface area contributed by atoms with Crippen molar-refractivity contribution in [1.82, 2.24) is 15.1 Å². The Morgan fingerprint density at radius 2 is 2.11 bits per heavy atom. The zero-order chi connectivity index (χ0) is 13.2. The Labute approximate surface area is 111 Å². The van der Waals surface area contributed by atoms with Gasteiger partial charge in [-0.2, -0.15) is 5.10 Å². The molecule has 1 aromatic heterocycles. The molecular formula is C15H27N3. The molecule has 1 heterocycles. The highest BCUT2D eigenvalue weighted by Gasteiger charge is 2.32. The molecule has 1 fully saturated rings. The minimum Gasteiger partial charge on any atom is -0.309 e. The Morgan fingerprint density at radius 3 is 2.61 bits per heavy atom. The van der Waals surface area contributed by atoms with Crippen molar-refractivity contribution in [3.63, 3.8) is 0 Å². The van der Waals surface area contributed by atoms with Gasteiger partial charge < -0.3 is 5.32 Å². The standard InChI is InChI=1S/C15H27N3/c1-5-16-14(13-8-11-18(4)17-13)12-6-9-15(2,3)10-7-12/h8,11-12,14,16H,5-7,9-10H2,1-4H3. The summed E-state index contributed by atoms with van der Waals surface area (Å²) >= 11 is 0. The molecule has 1 atom stereocenters. The van der Waals surface area contributed by atoms with E-state index < -0.39 is 0 Å². The summed E-state index contributed by atoms with van der Waals surface area (Å²) < 4.78 is 1.91. The monoisotopic (exact) mass is 249 g/mol. The molecule has 18 heavy (non-hydrogen) atoms. The molecule has 102 valence electrons. The van der Waals surface area contributed by atoms with Crippen molar-refractivity contribution in [1.29, 1.82) is 0 Å². The van der Waals surface area contributed by atoms with Gasteiger partial charge in [0, 0.05) is 13.2 Å². The summed E-state index contributed by atoms with van der Waals surface area (Å²) in [4.78, 5) is 0. The lowest BCUT2D eigenvalue weighted by molar-refractivity contribution is 0.160. The quantitative estimate of drug-likeness (QED) is 0.887. The second kappa shape index (κ2) is 5.43. The van der Waals surface area contributed by atoms with E-state index >= 15 is 0 Å². The fourth-order valence-electron chi connectivity index (χ4n) is 3.09. The van der Waals surface area contributed by atoms with E-state index in [1.54, 1.807) is 0 Å². The van der Waals surface area contributed by atoms with E-state index in [2.05, 4.69) is 37.3 Å². The van der Waals surface area contributed by atoms with Crippen LogP contribution >= 0.6 is 0 Å². The molecule has 3 nitrogen and oxygen atoms in total. The maximum Gasteiger partial charge on any atom is 0.0796 e. The van der Waals surface area contributed by atoms with Crippen LogP contribution in [-0.4, -0.2) is 16.3 Å². The van der Waals surface area contributed by atoms with Crippen molar-refractivity contribution in [3.05, 3.63) is 18.0 Å². The third-order valence-corrected chi connectivity index (χ3v) is 4.33. The summed E-state index contributed by atoms with van der Waals surface area (Å²) in [7, 11) is 2.00. The molecule has 1 aliphatic rings.